The zero-order valence-corrected chi connectivity index (χ0v) is 11.8. The zero-order chi connectivity index (χ0) is 12.4. The van der Waals surface area contributed by atoms with Gasteiger partial charge in [-0.3, -0.25) is 4.90 Å². The van der Waals surface area contributed by atoms with Gasteiger partial charge in [-0.1, -0.05) is 6.42 Å². The van der Waals surface area contributed by atoms with E-state index in [1.165, 1.54) is 25.0 Å². The molecule has 1 aromatic heterocycles. The second-order valence-electron chi connectivity index (χ2n) is 5.13. The second kappa shape index (κ2) is 5.46. The number of aryl methyl sites for hydroxylation is 1. The van der Waals surface area contributed by atoms with Crippen LogP contribution in [0.4, 0.5) is 0 Å². The van der Waals surface area contributed by atoms with Crippen LogP contribution in [0.15, 0.2) is 5.38 Å². The molecule has 1 aliphatic carbocycles. The predicted octanol–water partition coefficient (Wildman–Crippen LogP) is 2.57. The predicted molar refractivity (Wildman–Crippen MR) is 73.2 cm³/mol. The van der Waals surface area contributed by atoms with Crippen LogP contribution in [0, 0.1) is 12.8 Å². The van der Waals surface area contributed by atoms with Crippen molar-refractivity contribution in [2.45, 2.75) is 45.2 Å². The average Bonchev–Trinajstić information content (AvgIpc) is 2.95. The fourth-order valence-corrected chi connectivity index (χ4v) is 3.60. The number of aromatic nitrogens is 1. The Hall–Kier alpha value is -0.450. The van der Waals surface area contributed by atoms with Crippen molar-refractivity contribution in [1.29, 1.82) is 0 Å². The largest absolute Gasteiger partial charge is 0.330 e. The Morgan fingerprint density at radius 1 is 1.59 bits per heavy atom. The maximum absolute atomic E-state index is 5.86. The van der Waals surface area contributed by atoms with Crippen molar-refractivity contribution >= 4 is 11.3 Å². The van der Waals surface area contributed by atoms with Gasteiger partial charge in [-0.15, -0.1) is 11.3 Å². The van der Waals surface area contributed by atoms with Crippen LogP contribution < -0.4 is 5.73 Å². The monoisotopic (exact) mass is 253 g/mol. The molecule has 2 rings (SSSR count). The first-order valence-electron chi connectivity index (χ1n) is 6.47. The van der Waals surface area contributed by atoms with Crippen molar-refractivity contribution in [3.8, 4) is 0 Å². The summed E-state index contributed by atoms with van der Waals surface area (Å²) in [6.07, 6.45) is 3.89. The van der Waals surface area contributed by atoms with E-state index in [-0.39, 0.29) is 0 Å². The Morgan fingerprint density at radius 2 is 2.35 bits per heavy atom. The van der Waals surface area contributed by atoms with Gasteiger partial charge in [-0.2, -0.15) is 0 Å². The van der Waals surface area contributed by atoms with Crippen LogP contribution in [-0.4, -0.2) is 29.5 Å². The minimum Gasteiger partial charge on any atom is -0.330 e. The smallest absolute Gasteiger partial charge is 0.0898 e. The summed E-state index contributed by atoms with van der Waals surface area (Å²) in [6, 6.07) is 1.04. The van der Waals surface area contributed by atoms with Gasteiger partial charge in [0.15, 0.2) is 0 Å². The number of rotatable bonds is 4. The highest BCUT2D eigenvalue weighted by Crippen LogP contribution is 2.33. The van der Waals surface area contributed by atoms with Crippen LogP contribution >= 0.6 is 11.3 Å². The molecule has 1 heterocycles. The molecular weight excluding hydrogens is 230 g/mol. The van der Waals surface area contributed by atoms with E-state index >= 15 is 0 Å². The first kappa shape index (κ1) is 13.0. The first-order valence-corrected chi connectivity index (χ1v) is 7.35. The molecule has 3 unspecified atom stereocenters. The molecule has 1 aromatic rings. The van der Waals surface area contributed by atoms with Crippen LogP contribution in [0.2, 0.25) is 0 Å². The van der Waals surface area contributed by atoms with Gasteiger partial charge in [0, 0.05) is 11.4 Å². The van der Waals surface area contributed by atoms with Gasteiger partial charge in [0.25, 0.3) is 0 Å². The molecule has 96 valence electrons. The van der Waals surface area contributed by atoms with Gasteiger partial charge < -0.3 is 5.73 Å². The van der Waals surface area contributed by atoms with E-state index < -0.39 is 0 Å². The molecule has 1 saturated carbocycles. The Kier molecular flexibility index (Phi) is 4.17. The third kappa shape index (κ3) is 2.69. The molecule has 0 spiro atoms. The normalized spacial score (nSPS) is 26.6. The van der Waals surface area contributed by atoms with E-state index in [1.807, 2.05) is 0 Å². The lowest BCUT2D eigenvalue weighted by atomic mass is 10.0. The zero-order valence-electron chi connectivity index (χ0n) is 11.0. The Labute approximate surface area is 108 Å². The van der Waals surface area contributed by atoms with E-state index in [4.69, 9.17) is 5.73 Å². The van der Waals surface area contributed by atoms with E-state index in [2.05, 4.69) is 36.2 Å². The number of nitrogens with two attached hydrogens (primary N) is 1. The number of thiazole rings is 1. The summed E-state index contributed by atoms with van der Waals surface area (Å²) in [7, 11) is 2.22. The molecule has 0 amide bonds. The van der Waals surface area contributed by atoms with E-state index in [1.54, 1.807) is 11.3 Å². The molecule has 17 heavy (non-hydrogen) atoms. The van der Waals surface area contributed by atoms with Crippen molar-refractivity contribution in [1.82, 2.24) is 9.88 Å². The molecule has 0 aromatic carbocycles. The van der Waals surface area contributed by atoms with Crippen LogP contribution in [0.25, 0.3) is 0 Å². The first-order chi connectivity index (χ1) is 8.13. The fourth-order valence-electron chi connectivity index (χ4n) is 2.90. The average molecular weight is 253 g/mol. The van der Waals surface area contributed by atoms with Gasteiger partial charge in [0.1, 0.15) is 0 Å². The molecule has 2 N–H and O–H groups in total. The highest BCUT2D eigenvalue weighted by molar-refractivity contribution is 7.09. The lowest BCUT2D eigenvalue weighted by Crippen LogP contribution is -2.39. The van der Waals surface area contributed by atoms with Crippen molar-refractivity contribution in [2.75, 3.05) is 13.6 Å². The molecule has 4 heteroatoms. The summed E-state index contributed by atoms with van der Waals surface area (Å²) < 4.78 is 0. The van der Waals surface area contributed by atoms with Crippen LogP contribution in [-0.2, 0) is 0 Å². The third-order valence-corrected chi connectivity index (χ3v) is 4.91. The van der Waals surface area contributed by atoms with Crippen molar-refractivity contribution in [3.63, 3.8) is 0 Å². The standard InChI is InChI=1S/C13H23N3S/c1-9(12-8-17-10(2)15-12)16(3)13-6-4-5-11(13)7-14/h8-9,11,13H,4-7,14H2,1-3H3. The summed E-state index contributed by atoms with van der Waals surface area (Å²) in [5.41, 5.74) is 7.07. The van der Waals surface area contributed by atoms with Crippen molar-refractivity contribution < 1.29 is 0 Å². The summed E-state index contributed by atoms with van der Waals surface area (Å²) in [4.78, 5) is 7.07. The van der Waals surface area contributed by atoms with E-state index in [9.17, 15) is 0 Å². The summed E-state index contributed by atoms with van der Waals surface area (Å²) in [6.45, 7) is 5.14. The molecule has 0 bridgehead atoms. The summed E-state index contributed by atoms with van der Waals surface area (Å²) >= 11 is 1.74. The fraction of sp³-hybridized carbons (Fsp3) is 0.769. The van der Waals surface area contributed by atoms with Crippen LogP contribution in [0.5, 0.6) is 0 Å². The molecule has 0 aliphatic heterocycles. The molecule has 0 radical (unpaired) electrons. The SMILES string of the molecule is Cc1nc(C(C)N(C)C2CCCC2CN)cs1. The minimum absolute atomic E-state index is 0.400. The Morgan fingerprint density at radius 3 is 2.94 bits per heavy atom. The number of hydrogen-bond acceptors (Lipinski definition) is 4. The summed E-state index contributed by atoms with van der Waals surface area (Å²) in [5.74, 6) is 0.669. The highest BCUT2D eigenvalue weighted by Gasteiger charge is 2.32. The van der Waals surface area contributed by atoms with Gasteiger partial charge >= 0.3 is 0 Å². The Bertz CT molecular complexity index is 363. The molecule has 3 atom stereocenters. The maximum Gasteiger partial charge on any atom is 0.0898 e. The topological polar surface area (TPSA) is 42.2 Å². The Balaban J connectivity index is 2.06. The second-order valence-corrected chi connectivity index (χ2v) is 6.19. The van der Waals surface area contributed by atoms with Crippen molar-refractivity contribution in [3.05, 3.63) is 16.1 Å². The van der Waals surface area contributed by atoms with Gasteiger partial charge in [0.2, 0.25) is 0 Å². The summed E-state index contributed by atoms with van der Waals surface area (Å²) in [5, 5.41) is 3.34. The van der Waals surface area contributed by atoms with Crippen LogP contribution in [0.3, 0.4) is 0 Å². The lowest BCUT2D eigenvalue weighted by Gasteiger charge is -2.33. The molecule has 1 fully saturated rings. The van der Waals surface area contributed by atoms with E-state index in [0.29, 0.717) is 18.0 Å². The number of hydrogen-bond donors (Lipinski definition) is 1. The van der Waals surface area contributed by atoms with Gasteiger partial charge in [-0.25, -0.2) is 4.98 Å². The highest BCUT2D eigenvalue weighted by atomic mass is 32.1. The van der Waals surface area contributed by atoms with Gasteiger partial charge in [-0.05, 0) is 46.2 Å². The molecular formula is C13H23N3S. The maximum atomic E-state index is 5.86. The number of nitrogens with zero attached hydrogens (tertiary/aromatic N) is 2. The lowest BCUT2D eigenvalue weighted by molar-refractivity contribution is 0.150. The quantitative estimate of drug-likeness (QED) is 0.897. The van der Waals surface area contributed by atoms with E-state index in [0.717, 1.165) is 11.6 Å². The molecule has 0 saturated heterocycles. The van der Waals surface area contributed by atoms with Crippen LogP contribution in [0.1, 0.15) is 42.9 Å². The van der Waals surface area contributed by atoms with Crippen molar-refractivity contribution in [2.24, 2.45) is 11.7 Å². The molecule has 1 aliphatic rings. The molecule has 3 nitrogen and oxygen atoms in total. The van der Waals surface area contributed by atoms with Gasteiger partial charge in [0.05, 0.1) is 16.7 Å². The minimum atomic E-state index is 0.400. The third-order valence-electron chi connectivity index (χ3n) is 4.12.